The van der Waals surface area contributed by atoms with Crippen LogP contribution in [0.2, 0.25) is 0 Å². The Morgan fingerprint density at radius 2 is 1.50 bits per heavy atom. The molecule has 1 heterocycles. The molecule has 164 valence electrons. The lowest BCUT2D eigenvalue weighted by atomic mass is 10.2. The van der Waals surface area contributed by atoms with Crippen molar-refractivity contribution in [3.8, 4) is 5.75 Å². The minimum atomic E-state index is -3.73. The molecule has 0 atom stereocenters. The van der Waals surface area contributed by atoms with E-state index in [0.717, 1.165) is 17.0 Å². The highest BCUT2D eigenvalue weighted by atomic mass is 32.2. The first-order valence-corrected chi connectivity index (χ1v) is 12.7. The van der Waals surface area contributed by atoms with Crippen LogP contribution in [0, 0.1) is 6.92 Å². The largest absolute Gasteiger partial charge is 0.497 e. The lowest BCUT2D eigenvalue weighted by Crippen LogP contribution is -2.50. The van der Waals surface area contributed by atoms with Gasteiger partial charge in [-0.05, 0) is 43.3 Å². The predicted molar refractivity (Wildman–Crippen MR) is 117 cm³/mol. The van der Waals surface area contributed by atoms with Gasteiger partial charge in [-0.2, -0.15) is 4.31 Å². The fourth-order valence-corrected chi connectivity index (χ4v) is 5.75. The van der Waals surface area contributed by atoms with Gasteiger partial charge in [-0.25, -0.2) is 21.6 Å². The van der Waals surface area contributed by atoms with Crippen molar-refractivity contribution in [2.45, 2.75) is 11.8 Å². The molecule has 0 spiro atoms. The zero-order valence-corrected chi connectivity index (χ0v) is 18.7. The van der Waals surface area contributed by atoms with Gasteiger partial charge in [0.2, 0.25) is 20.0 Å². The van der Waals surface area contributed by atoms with Gasteiger partial charge in [0.1, 0.15) is 5.75 Å². The Balaban J connectivity index is 1.52. The molecule has 0 unspecified atom stereocenters. The molecule has 10 heteroatoms. The van der Waals surface area contributed by atoms with Gasteiger partial charge in [-0.3, -0.25) is 0 Å². The van der Waals surface area contributed by atoms with E-state index in [9.17, 15) is 16.8 Å². The monoisotopic (exact) mass is 453 g/mol. The van der Waals surface area contributed by atoms with Crippen molar-refractivity contribution in [2.24, 2.45) is 0 Å². The molecule has 0 aromatic heterocycles. The first kappa shape index (κ1) is 22.5. The zero-order valence-electron chi connectivity index (χ0n) is 17.1. The van der Waals surface area contributed by atoms with Gasteiger partial charge in [0.25, 0.3) is 0 Å². The maximum atomic E-state index is 12.6. The van der Waals surface area contributed by atoms with Gasteiger partial charge < -0.3 is 9.64 Å². The standard InChI is InChI=1S/C20H27N3O5S2/c1-17-3-9-20(10-4-17)30(26,27)21-11-16-29(24,25)23-14-12-22(13-15-23)18-5-7-19(28-2)8-6-18/h3-10,21H,11-16H2,1-2H3. The number of aryl methyl sites for hydroxylation is 1. The Morgan fingerprint density at radius 1 is 0.900 bits per heavy atom. The normalized spacial score (nSPS) is 15.9. The lowest BCUT2D eigenvalue weighted by Gasteiger charge is -2.35. The van der Waals surface area contributed by atoms with Crippen LogP contribution < -0.4 is 14.4 Å². The van der Waals surface area contributed by atoms with Crippen molar-refractivity contribution in [2.75, 3.05) is 50.5 Å². The van der Waals surface area contributed by atoms with Crippen LogP contribution in [0.5, 0.6) is 5.75 Å². The van der Waals surface area contributed by atoms with Crippen LogP contribution in [-0.2, 0) is 20.0 Å². The second-order valence-corrected chi connectivity index (χ2v) is 11.0. The Bertz CT molecular complexity index is 1040. The number of piperazine rings is 1. The molecule has 0 radical (unpaired) electrons. The molecule has 3 rings (SSSR count). The van der Waals surface area contributed by atoms with Crippen molar-refractivity contribution in [3.63, 3.8) is 0 Å². The average Bonchev–Trinajstić information content (AvgIpc) is 2.74. The van der Waals surface area contributed by atoms with Crippen molar-refractivity contribution in [1.82, 2.24) is 9.03 Å². The topological polar surface area (TPSA) is 96.0 Å². The Hall–Kier alpha value is -2.14. The summed E-state index contributed by atoms with van der Waals surface area (Å²) in [7, 11) is -5.67. The highest BCUT2D eigenvalue weighted by Crippen LogP contribution is 2.21. The molecule has 1 N–H and O–H groups in total. The second-order valence-electron chi connectivity index (χ2n) is 7.11. The van der Waals surface area contributed by atoms with Crippen molar-refractivity contribution < 1.29 is 21.6 Å². The summed E-state index contributed by atoms with van der Waals surface area (Å²) in [6.07, 6.45) is 0. The Labute approximate surface area is 178 Å². The lowest BCUT2D eigenvalue weighted by molar-refractivity contribution is 0.384. The molecule has 1 saturated heterocycles. The van der Waals surface area contributed by atoms with E-state index in [4.69, 9.17) is 4.74 Å². The number of nitrogens with zero attached hydrogens (tertiary/aromatic N) is 2. The van der Waals surface area contributed by atoms with Crippen LogP contribution in [0.1, 0.15) is 5.56 Å². The SMILES string of the molecule is COc1ccc(N2CCN(S(=O)(=O)CCNS(=O)(=O)c3ccc(C)cc3)CC2)cc1. The number of hydrogen-bond donors (Lipinski definition) is 1. The number of ether oxygens (including phenoxy) is 1. The number of nitrogens with one attached hydrogen (secondary N) is 1. The fraction of sp³-hybridized carbons (Fsp3) is 0.400. The molecule has 8 nitrogen and oxygen atoms in total. The highest BCUT2D eigenvalue weighted by molar-refractivity contribution is 7.90. The summed E-state index contributed by atoms with van der Waals surface area (Å²) in [5, 5.41) is 0. The minimum absolute atomic E-state index is 0.124. The average molecular weight is 454 g/mol. The van der Waals surface area contributed by atoms with E-state index in [0.29, 0.717) is 26.2 Å². The summed E-state index contributed by atoms with van der Waals surface area (Å²) in [5.41, 5.74) is 1.96. The molecule has 1 aliphatic heterocycles. The maximum absolute atomic E-state index is 12.6. The van der Waals surface area contributed by atoms with E-state index in [1.807, 2.05) is 31.2 Å². The molecule has 0 amide bonds. The van der Waals surface area contributed by atoms with Crippen LogP contribution in [0.25, 0.3) is 0 Å². The Kier molecular flexibility index (Phi) is 7.02. The molecule has 0 aliphatic carbocycles. The number of benzene rings is 2. The molecule has 0 saturated carbocycles. The number of sulfonamides is 2. The third-order valence-electron chi connectivity index (χ3n) is 5.05. The van der Waals surface area contributed by atoms with Crippen LogP contribution in [0.3, 0.4) is 0 Å². The van der Waals surface area contributed by atoms with Gasteiger partial charge in [-0.15, -0.1) is 0 Å². The molecule has 1 aliphatic rings. The molecular weight excluding hydrogens is 426 g/mol. The van der Waals surface area contributed by atoms with E-state index < -0.39 is 20.0 Å². The van der Waals surface area contributed by atoms with Crippen LogP contribution >= 0.6 is 0 Å². The van der Waals surface area contributed by atoms with E-state index >= 15 is 0 Å². The Morgan fingerprint density at radius 3 is 2.07 bits per heavy atom. The first-order valence-electron chi connectivity index (χ1n) is 9.64. The smallest absolute Gasteiger partial charge is 0.240 e. The van der Waals surface area contributed by atoms with E-state index in [1.165, 1.54) is 16.4 Å². The van der Waals surface area contributed by atoms with Gasteiger partial charge in [0.15, 0.2) is 0 Å². The van der Waals surface area contributed by atoms with Crippen LogP contribution in [0.4, 0.5) is 5.69 Å². The zero-order chi connectivity index (χ0) is 21.8. The van der Waals surface area contributed by atoms with Crippen molar-refractivity contribution >= 4 is 25.7 Å². The number of methoxy groups -OCH3 is 1. The summed E-state index contributed by atoms with van der Waals surface area (Å²) in [6.45, 7) is 3.56. The van der Waals surface area contributed by atoms with Crippen LogP contribution in [-0.4, -0.2) is 66.7 Å². The second kappa shape index (κ2) is 9.34. The molecule has 30 heavy (non-hydrogen) atoms. The number of rotatable bonds is 8. The molecule has 0 bridgehead atoms. The molecule has 2 aromatic carbocycles. The third-order valence-corrected chi connectivity index (χ3v) is 8.40. The minimum Gasteiger partial charge on any atom is -0.497 e. The summed E-state index contributed by atoms with van der Waals surface area (Å²) < 4.78 is 58.9. The van der Waals surface area contributed by atoms with Gasteiger partial charge in [0.05, 0.1) is 17.8 Å². The van der Waals surface area contributed by atoms with E-state index in [2.05, 4.69) is 9.62 Å². The quantitative estimate of drug-likeness (QED) is 0.650. The van der Waals surface area contributed by atoms with Gasteiger partial charge in [-0.1, -0.05) is 17.7 Å². The van der Waals surface area contributed by atoms with E-state index in [1.54, 1.807) is 19.2 Å². The number of hydrogen-bond acceptors (Lipinski definition) is 6. The molecular formula is C20H27N3O5S2. The summed E-state index contributed by atoms with van der Waals surface area (Å²) in [4.78, 5) is 2.24. The highest BCUT2D eigenvalue weighted by Gasteiger charge is 2.27. The maximum Gasteiger partial charge on any atom is 0.240 e. The van der Waals surface area contributed by atoms with E-state index in [-0.39, 0.29) is 17.2 Å². The van der Waals surface area contributed by atoms with Crippen molar-refractivity contribution in [1.29, 1.82) is 0 Å². The molecule has 2 aromatic rings. The fourth-order valence-electron chi connectivity index (χ4n) is 3.25. The van der Waals surface area contributed by atoms with Gasteiger partial charge in [0, 0.05) is 38.4 Å². The molecule has 1 fully saturated rings. The summed E-state index contributed by atoms with van der Waals surface area (Å²) in [5.74, 6) is 0.494. The van der Waals surface area contributed by atoms with Crippen LogP contribution in [0.15, 0.2) is 53.4 Å². The first-order chi connectivity index (χ1) is 14.2. The van der Waals surface area contributed by atoms with Gasteiger partial charge >= 0.3 is 0 Å². The van der Waals surface area contributed by atoms with Crippen molar-refractivity contribution in [3.05, 3.63) is 54.1 Å². The predicted octanol–water partition coefficient (Wildman–Crippen LogP) is 1.43. The summed E-state index contributed by atoms with van der Waals surface area (Å²) >= 11 is 0. The summed E-state index contributed by atoms with van der Waals surface area (Å²) in [6, 6.07) is 14.1. The third kappa shape index (κ3) is 5.51. The number of anilines is 1.